The van der Waals surface area contributed by atoms with Gasteiger partial charge in [0.2, 0.25) is 0 Å². The second kappa shape index (κ2) is 67.0. The smallest absolute Gasteiger partial charge is 0.306 e. The number of hydrogen-bond donors (Lipinski definition) is 0. The molecule has 0 aromatic rings. The second-order valence-corrected chi connectivity index (χ2v) is 20.6. The standard InChI is InChI=1S/C75H116O6/c1-4-7-10-13-16-19-22-24-26-28-30-31-32-33-34-35-36-37-38-39-40-41-42-43-45-46-48-50-53-56-59-62-65-68-74(77)80-71-72(70-79-73(76)67-64-61-58-55-52-21-18-15-12-9-6-3)81-75(78)69-66-63-60-57-54-51-49-47-44-29-27-25-23-20-17-14-11-8-5-2/h7-8,10-11,16-17,19-20,24-27,30-31,33-34,36-37,39-40,42-44,46-48,51,53-54,56,72H,4-6,9,12-15,18,21-23,28-29,32,35,38,41,45,49-50,52,55,57-71H2,1-3H3/b10-7-,11-8-,19-16-,20-17-,26-24-,27-25-,31-30-,34-33-,37-36-,40-39-,43-42-,47-44-,48-46-,54-51-,56-53-. The van der Waals surface area contributed by atoms with Gasteiger partial charge in [0.25, 0.3) is 0 Å². The lowest BCUT2D eigenvalue weighted by Crippen LogP contribution is -2.30. The topological polar surface area (TPSA) is 78.9 Å². The number of rotatable bonds is 56. The number of unbranched alkanes of at least 4 members (excludes halogenated alkanes) is 15. The summed E-state index contributed by atoms with van der Waals surface area (Å²) in [6.07, 6.45) is 100. The Kier molecular flexibility index (Phi) is 62.5. The van der Waals surface area contributed by atoms with E-state index in [1.54, 1.807) is 0 Å². The summed E-state index contributed by atoms with van der Waals surface area (Å²) in [5.41, 5.74) is 0. The molecule has 0 aliphatic rings. The Bertz CT molecular complexity index is 1900. The third kappa shape index (κ3) is 65.2. The molecule has 0 heterocycles. The van der Waals surface area contributed by atoms with Crippen LogP contribution in [0.4, 0.5) is 0 Å². The lowest BCUT2D eigenvalue weighted by Gasteiger charge is -2.18. The van der Waals surface area contributed by atoms with Gasteiger partial charge in [-0.1, -0.05) is 274 Å². The molecule has 452 valence electrons. The summed E-state index contributed by atoms with van der Waals surface area (Å²) >= 11 is 0. The molecule has 0 aliphatic carbocycles. The van der Waals surface area contributed by atoms with Crippen molar-refractivity contribution in [2.24, 2.45) is 0 Å². The van der Waals surface area contributed by atoms with E-state index in [9.17, 15) is 14.4 Å². The fraction of sp³-hybridized carbons (Fsp3) is 0.560. The minimum atomic E-state index is -0.822. The van der Waals surface area contributed by atoms with Crippen LogP contribution in [0.1, 0.15) is 252 Å². The van der Waals surface area contributed by atoms with E-state index in [2.05, 4.69) is 203 Å². The van der Waals surface area contributed by atoms with E-state index in [-0.39, 0.29) is 44.0 Å². The van der Waals surface area contributed by atoms with E-state index in [1.165, 1.54) is 51.4 Å². The van der Waals surface area contributed by atoms with Gasteiger partial charge in [-0.15, -0.1) is 0 Å². The molecule has 1 atom stereocenters. The van der Waals surface area contributed by atoms with Crippen LogP contribution in [-0.2, 0) is 28.6 Å². The summed E-state index contributed by atoms with van der Waals surface area (Å²) in [4.78, 5) is 38.2. The zero-order valence-electron chi connectivity index (χ0n) is 51.7. The third-order valence-electron chi connectivity index (χ3n) is 12.9. The molecule has 6 nitrogen and oxygen atoms in total. The highest BCUT2D eigenvalue weighted by molar-refractivity contribution is 5.71. The number of carbonyl (C=O) groups excluding carboxylic acids is 3. The predicted octanol–water partition coefficient (Wildman–Crippen LogP) is 22.4. The average molecular weight is 1110 g/mol. The molecule has 0 saturated heterocycles. The highest BCUT2D eigenvalue weighted by atomic mass is 16.6. The summed E-state index contributed by atoms with van der Waals surface area (Å²) in [7, 11) is 0. The molecule has 0 rings (SSSR count). The molecule has 0 aromatic carbocycles. The quantitative estimate of drug-likeness (QED) is 0.0261. The molecule has 0 spiro atoms. The normalized spacial score (nSPS) is 13.4. The lowest BCUT2D eigenvalue weighted by atomic mass is 10.1. The van der Waals surface area contributed by atoms with Gasteiger partial charge in [0.15, 0.2) is 6.10 Å². The lowest BCUT2D eigenvalue weighted by molar-refractivity contribution is -0.167. The number of allylic oxidation sites excluding steroid dienone is 30. The van der Waals surface area contributed by atoms with E-state index in [4.69, 9.17) is 14.2 Å². The Labute approximate surface area is 497 Å². The van der Waals surface area contributed by atoms with Gasteiger partial charge in [-0.05, 0) is 141 Å². The Morgan fingerprint density at radius 2 is 0.481 bits per heavy atom. The zero-order valence-corrected chi connectivity index (χ0v) is 51.7. The summed E-state index contributed by atoms with van der Waals surface area (Å²) in [5, 5.41) is 0. The molecule has 0 fully saturated rings. The molecule has 0 saturated carbocycles. The van der Waals surface area contributed by atoms with Crippen LogP contribution >= 0.6 is 0 Å². The van der Waals surface area contributed by atoms with Crippen molar-refractivity contribution >= 4 is 17.9 Å². The maximum absolute atomic E-state index is 12.9. The van der Waals surface area contributed by atoms with Gasteiger partial charge < -0.3 is 14.2 Å². The first-order valence-corrected chi connectivity index (χ1v) is 32.3. The van der Waals surface area contributed by atoms with Crippen LogP contribution in [-0.4, -0.2) is 37.2 Å². The van der Waals surface area contributed by atoms with Crippen molar-refractivity contribution in [1.29, 1.82) is 0 Å². The summed E-state index contributed by atoms with van der Waals surface area (Å²) in [6.45, 7) is 6.33. The van der Waals surface area contributed by atoms with Gasteiger partial charge in [0.1, 0.15) is 13.2 Å². The van der Waals surface area contributed by atoms with Gasteiger partial charge >= 0.3 is 17.9 Å². The van der Waals surface area contributed by atoms with Crippen molar-refractivity contribution in [3.63, 3.8) is 0 Å². The summed E-state index contributed by atoms with van der Waals surface area (Å²) in [6, 6.07) is 0. The fourth-order valence-corrected chi connectivity index (χ4v) is 8.14. The van der Waals surface area contributed by atoms with Gasteiger partial charge in [-0.25, -0.2) is 0 Å². The first-order chi connectivity index (χ1) is 40.0. The number of hydrogen-bond acceptors (Lipinski definition) is 6. The highest BCUT2D eigenvalue weighted by Crippen LogP contribution is 2.14. The Morgan fingerprint density at radius 1 is 0.259 bits per heavy atom. The second-order valence-electron chi connectivity index (χ2n) is 20.6. The van der Waals surface area contributed by atoms with Crippen LogP contribution in [0, 0.1) is 0 Å². The molecule has 1 unspecified atom stereocenters. The van der Waals surface area contributed by atoms with E-state index in [1.807, 2.05) is 0 Å². The van der Waals surface area contributed by atoms with Crippen molar-refractivity contribution in [2.45, 2.75) is 258 Å². The average Bonchev–Trinajstić information content (AvgIpc) is 3.47. The Balaban J connectivity index is 4.43. The number of esters is 3. The molecule has 0 aromatic heterocycles. The van der Waals surface area contributed by atoms with Crippen LogP contribution in [0.5, 0.6) is 0 Å². The van der Waals surface area contributed by atoms with Crippen molar-refractivity contribution in [2.75, 3.05) is 13.2 Å². The fourth-order valence-electron chi connectivity index (χ4n) is 8.14. The monoisotopic (exact) mass is 1110 g/mol. The molecule has 0 N–H and O–H groups in total. The minimum absolute atomic E-state index is 0.112. The van der Waals surface area contributed by atoms with Gasteiger partial charge in [0.05, 0.1) is 0 Å². The SMILES string of the molecule is CC/C=C\C/C=C\C/C=C\C/C=C\C/C=C\C/C=C\C/C=C\C/C=C\C/C=C\C/C=C\CCCCC(=O)OCC(COC(=O)CCCCCCCCCCCCC)OC(=O)CCCCC/C=C\C/C=C\C/C=C\C/C=C\C/C=C\CC. The first-order valence-electron chi connectivity index (χ1n) is 32.3. The van der Waals surface area contributed by atoms with Crippen molar-refractivity contribution in [3.05, 3.63) is 182 Å². The molecular formula is C75H116O6. The van der Waals surface area contributed by atoms with Crippen LogP contribution in [0.15, 0.2) is 182 Å². The van der Waals surface area contributed by atoms with E-state index in [0.29, 0.717) is 19.3 Å². The van der Waals surface area contributed by atoms with Gasteiger partial charge in [0, 0.05) is 19.3 Å². The molecule has 0 bridgehead atoms. The Hall–Kier alpha value is -5.49. The number of carbonyl (C=O) groups is 3. The molecule has 0 amide bonds. The van der Waals surface area contributed by atoms with Gasteiger partial charge in [-0.2, -0.15) is 0 Å². The van der Waals surface area contributed by atoms with E-state index < -0.39 is 6.10 Å². The van der Waals surface area contributed by atoms with Crippen molar-refractivity contribution in [1.82, 2.24) is 0 Å². The van der Waals surface area contributed by atoms with Gasteiger partial charge in [-0.3, -0.25) is 14.4 Å². The van der Waals surface area contributed by atoms with E-state index in [0.717, 1.165) is 148 Å². The van der Waals surface area contributed by atoms with E-state index >= 15 is 0 Å². The number of ether oxygens (including phenoxy) is 3. The van der Waals surface area contributed by atoms with Crippen molar-refractivity contribution < 1.29 is 28.6 Å². The van der Waals surface area contributed by atoms with Crippen LogP contribution in [0.25, 0.3) is 0 Å². The summed E-state index contributed by atoms with van der Waals surface area (Å²) in [5.74, 6) is -0.998. The largest absolute Gasteiger partial charge is 0.462 e. The highest BCUT2D eigenvalue weighted by Gasteiger charge is 2.19. The van der Waals surface area contributed by atoms with Crippen molar-refractivity contribution in [3.8, 4) is 0 Å². The molecule has 0 aliphatic heterocycles. The van der Waals surface area contributed by atoms with Crippen LogP contribution in [0.3, 0.4) is 0 Å². The van der Waals surface area contributed by atoms with Crippen LogP contribution < -0.4 is 0 Å². The summed E-state index contributed by atoms with van der Waals surface area (Å²) < 4.78 is 16.8. The minimum Gasteiger partial charge on any atom is -0.462 e. The molecular weight excluding hydrogens is 997 g/mol. The Morgan fingerprint density at radius 3 is 0.778 bits per heavy atom. The maximum atomic E-state index is 12.9. The van der Waals surface area contributed by atoms with Crippen LogP contribution in [0.2, 0.25) is 0 Å². The molecule has 6 heteroatoms. The zero-order chi connectivity index (χ0) is 58.5. The third-order valence-corrected chi connectivity index (χ3v) is 12.9. The molecule has 81 heavy (non-hydrogen) atoms. The maximum Gasteiger partial charge on any atom is 0.306 e. The molecule has 0 radical (unpaired) electrons. The predicted molar refractivity (Wildman–Crippen MR) is 352 cm³/mol. The first kappa shape index (κ1) is 75.5.